The number of aryl methyl sites for hydroxylation is 2. The van der Waals surface area contributed by atoms with E-state index >= 15 is 0 Å². The molecule has 6 nitrogen and oxygen atoms in total. The lowest BCUT2D eigenvalue weighted by Gasteiger charge is -2.08. The average Bonchev–Trinajstić information content (AvgIpc) is 2.66. The SMILES string of the molecule is Cc1noc(C)c1CNC(=O)c1c(O)cccc1O. The van der Waals surface area contributed by atoms with Crippen molar-refractivity contribution in [3.63, 3.8) is 0 Å². The highest BCUT2D eigenvalue weighted by Crippen LogP contribution is 2.26. The fourth-order valence-corrected chi connectivity index (χ4v) is 1.77. The number of aromatic nitrogens is 1. The first-order chi connectivity index (χ1) is 9.00. The van der Waals surface area contributed by atoms with Gasteiger partial charge in [-0.3, -0.25) is 4.79 Å². The van der Waals surface area contributed by atoms with Crippen LogP contribution in [0.2, 0.25) is 0 Å². The molecule has 1 heterocycles. The number of carbonyl (C=O) groups excluding carboxylic acids is 1. The lowest BCUT2D eigenvalue weighted by atomic mass is 10.1. The summed E-state index contributed by atoms with van der Waals surface area (Å²) >= 11 is 0. The zero-order chi connectivity index (χ0) is 14.0. The summed E-state index contributed by atoms with van der Waals surface area (Å²) in [5.41, 5.74) is 1.33. The molecule has 0 atom stereocenters. The van der Waals surface area contributed by atoms with E-state index in [2.05, 4.69) is 10.5 Å². The van der Waals surface area contributed by atoms with Crippen molar-refractivity contribution in [2.24, 2.45) is 0 Å². The molecule has 0 unspecified atom stereocenters. The largest absolute Gasteiger partial charge is 0.507 e. The molecule has 0 fully saturated rings. The number of carbonyl (C=O) groups is 1. The Hall–Kier alpha value is -2.50. The number of nitrogens with zero attached hydrogens (tertiary/aromatic N) is 1. The second kappa shape index (κ2) is 5.01. The maximum absolute atomic E-state index is 11.9. The molecular weight excluding hydrogens is 248 g/mol. The van der Waals surface area contributed by atoms with E-state index in [0.717, 1.165) is 5.56 Å². The zero-order valence-corrected chi connectivity index (χ0v) is 10.6. The first kappa shape index (κ1) is 12.9. The van der Waals surface area contributed by atoms with Crippen LogP contribution in [-0.2, 0) is 6.54 Å². The van der Waals surface area contributed by atoms with E-state index in [9.17, 15) is 15.0 Å². The molecule has 3 N–H and O–H groups in total. The Morgan fingerprint density at radius 3 is 2.47 bits per heavy atom. The number of phenols is 2. The van der Waals surface area contributed by atoms with E-state index in [0.29, 0.717) is 11.5 Å². The van der Waals surface area contributed by atoms with Crippen LogP contribution in [0.4, 0.5) is 0 Å². The maximum Gasteiger partial charge on any atom is 0.259 e. The van der Waals surface area contributed by atoms with Crippen LogP contribution in [0.25, 0.3) is 0 Å². The molecule has 6 heteroatoms. The van der Waals surface area contributed by atoms with Crippen molar-refractivity contribution in [1.82, 2.24) is 10.5 Å². The van der Waals surface area contributed by atoms with Gasteiger partial charge < -0.3 is 20.1 Å². The number of amides is 1. The van der Waals surface area contributed by atoms with Gasteiger partial charge in [-0.25, -0.2) is 0 Å². The van der Waals surface area contributed by atoms with Gasteiger partial charge in [0.2, 0.25) is 0 Å². The fraction of sp³-hybridized carbons (Fsp3) is 0.231. The van der Waals surface area contributed by atoms with Crippen LogP contribution >= 0.6 is 0 Å². The Morgan fingerprint density at radius 2 is 1.95 bits per heavy atom. The third kappa shape index (κ3) is 2.52. The molecule has 2 aromatic rings. The predicted molar refractivity (Wildman–Crippen MR) is 66.9 cm³/mol. The normalized spacial score (nSPS) is 10.4. The standard InChI is InChI=1S/C13H14N2O4/c1-7-9(8(2)19-15-7)6-14-13(18)12-10(16)4-3-5-11(12)17/h3-5,16-17H,6H2,1-2H3,(H,14,18). The fourth-order valence-electron chi connectivity index (χ4n) is 1.77. The van der Waals surface area contributed by atoms with Crippen molar-refractivity contribution in [2.45, 2.75) is 20.4 Å². The molecule has 0 aliphatic rings. The number of hydrogen-bond donors (Lipinski definition) is 3. The van der Waals surface area contributed by atoms with E-state index in [4.69, 9.17) is 4.52 Å². The third-order valence-electron chi connectivity index (χ3n) is 2.85. The number of phenolic OH excluding ortho intramolecular Hbond substituents is 2. The zero-order valence-electron chi connectivity index (χ0n) is 10.6. The third-order valence-corrected chi connectivity index (χ3v) is 2.85. The minimum absolute atomic E-state index is 0.144. The molecule has 0 radical (unpaired) electrons. The number of nitrogens with one attached hydrogen (secondary N) is 1. The van der Waals surface area contributed by atoms with Crippen LogP contribution in [-0.4, -0.2) is 21.3 Å². The van der Waals surface area contributed by atoms with E-state index in [-0.39, 0.29) is 23.6 Å². The molecule has 0 aliphatic carbocycles. The van der Waals surface area contributed by atoms with Gasteiger partial charge in [0, 0.05) is 12.1 Å². The van der Waals surface area contributed by atoms with Gasteiger partial charge in [0.15, 0.2) is 0 Å². The lowest BCUT2D eigenvalue weighted by molar-refractivity contribution is 0.0945. The summed E-state index contributed by atoms with van der Waals surface area (Å²) in [5.74, 6) is -0.470. The van der Waals surface area contributed by atoms with Gasteiger partial charge in [0.1, 0.15) is 22.8 Å². The molecule has 0 saturated carbocycles. The van der Waals surface area contributed by atoms with Crippen molar-refractivity contribution in [2.75, 3.05) is 0 Å². The molecule has 19 heavy (non-hydrogen) atoms. The molecule has 0 saturated heterocycles. The molecule has 2 rings (SSSR count). The van der Waals surface area contributed by atoms with Gasteiger partial charge in [-0.2, -0.15) is 0 Å². The summed E-state index contributed by atoms with van der Waals surface area (Å²) in [6.45, 7) is 3.74. The Morgan fingerprint density at radius 1 is 1.32 bits per heavy atom. The van der Waals surface area contributed by atoms with E-state index in [1.165, 1.54) is 18.2 Å². The molecule has 0 bridgehead atoms. The summed E-state index contributed by atoms with van der Waals surface area (Å²) in [5, 5.41) is 25.5. The molecule has 0 spiro atoms. The highest BCUT2D eigenvalue weighted by Gasteiger charge is 2.17. The molecule has 100 valence electrons. The van der Waals surface area contributed by atoms with Crippen LogP contribution in [0.5, 0.6) is 11.5 Å². The minimum atomic E-state index is -0.560. The molecule has 1 amide bonds. The van der Waals surface area contributed by atoms with Crippen molar-refractivity contribution < 1.29 is 19.5 Å². The number of aromatic hydroxyl groups is 2. The van der Waals surface area contributed by atoms with E-state index in [1.807, 2.05) is 0 Å². The second-order valence-electron chi connectivity index (χ2n) is 4.16. The number of hydrogen-bond acceptors (Lipinski definition) is 5. The van der Waals surface area contributed by atoms with Crippen LogP contribution < -0.4 is 5.32 Å². The lowest BCUT2D eigenvalue weighted by Crippen LogP contribution is -2.23. The maximum atomic E-state index is 11.9. The summed E-state index contributed by atoms with van der Waals surface area (Å²) < 4.78 is 4.98. The van der Waals surface area contributed by atoms with Gasteiger partial charge >= 0.3 is 0 Å². The highest BCUT2D eigenvalue weighted by molar-refractivity contribution is 5.99. The van der Waals surface area contributed by atoms with Crippen molar-refractivity contribution >= 4 is 5.91 Å². The molecule has 1 aromatic carbocycles. The summed E-state index contributed by atoms with van der Waals surface area (Å²) in [7, 11) is 0. The summed E-state index contributed by atoms with van der Waals surface area (Å²) in [6, 6.07) is 4.13. The van der Waals surface area contributed by atoms with E-state index < -0.39 is 5.91 Å². The van der Waals surface area contributed by atoms with E-state index in [1.54, 1.807) is 13.8 Å². The van der Waals surface area contributed by atoms with Gasteiger partial charge in [-0.05, 0) is 26.0 Å². The molecule has 1 aromatic heterocycles. The molecule has 0 aliphatic heterocycles. The smallest absolute Gasteiger partial charge is 0.259 e. The van der Waals surface area contributed by atoms with Crippen LogP contribution in [0.3, 0.4) is 0 Å². The van der Waals surface area contributed by atoms with Crippen LogP contribution in [0.1, 0.15) is 27.4 Å². The number of rotatable bonds is 3. The van der Waals surface area contributed by atoms with Crippen LogP contribution in [0.15, 0.2) is 22.7 Å². The highest BCUT2D eigenvalue weighted by atomic mass is 16.5. The monoisotopic (exact) mass is 262 g/mol. The summed E-state index contributed by atoms with van der Waals surface area (Å²) in [6.07, 6.45) is 0. The summed E-state index contributed by atoms with van der Waals surface area (Å²) in [4.78, 5) is 11.9. The van der Waals surface area contributed by atoms with Gasteiger partial charge in [0.05, 0.1) is 5.69 Å². The first-order valence-corrected chi connectivity index (χ1v) is 5.71. The average molecular weight is 262 g/mol. The Kier molecular flexibility index (Phi) is 3.41. The van der Waals surface area contributed by atoms with Crippen molar-refractivity contribution in [3.05, 3.63) is 40.8 Å². The van der Waals surface area contributed by atoms with Gasteiger partial charge in [-0.15, -0.1) is 0 Å². The number of benzene rings is 1. The predicted octanol–water partition coefficient (Wildman–Crippen LogP) is 1.63. The quantitative estimate of drug-likeness (QED) is 0.781. The first-order valence-electron chi connectivity index (χ1n) is 5.71. The van der Waals surface area contributed by atoms with Crippen molar-refractivity contribution in [1.29, 1.82) is 0 Å². The molecular formula is C13H14N2O4. The second-order valence-corrected chi connectivity index (χ2v) is 4.16. The Bertz CT molecular complexity index is 579. The Labute approximate surface area is 109 Å². The van der Waals surface area contributed by atoms with Gasteiger partial charge in [-0.1, -0.05) is 11.2 Å². The Balaban J connectivity index is 2.15. The van der Waals surface area contributed by atoms with Crippen LogP contribution in [0, 0.1) is 13.8 Å². The van der Waals surface area contributed by atoms with Gasteiger partial charge in [0.25, 0.3) is 5.91 Å². The minimum Gasteiger partial charge on any atom is -0.507 e. The van der Waals surface area contributed by atoms with Crippen molar-refractivity contribution in [3.8, 4) is 11.5 Å². The topological polar surface area (TPSA) is 95.6 Å².